The van der Waals surface area contributed by atoms with Gasteiger partial charge in [-0.15, -0.1) is 11.3 Å². The molecule has 3 heterocycles. The number of rotatable bonds is 7. The normalized spacial score (nSPS) is 19.6. The number of hydrogen-bond acceptors (Lipinski definition) is 7. The molecule has 2 N–H and O–H groups in total. The van der Waals surface area contributed by atoms with Crippen molar-refractivity contribution in [1.82, 2.24) is 10.6 Å². The van der Waals surface area contributed by atoms with Crippen molar-refractivity contribution in [3.63, 3.8) is 0 Å². The standard InChI is InChI=1S/C15H16S.C14H19NO2.C13H17NO2/c1-11-5-2-3-7-13(11)14-8-4-6-12-9-10-16-15(12)14;1-16-13-6-5-10-3-2-4-12(10)14(13)17-11-7-8-15-9-11;1-15-12-6-5-9-3-2-4-11(9)13(12)16-10-7-14-8-10/h4,6,8-10H,2-3,5,7H2,1H3;5-6,11,15H,2-4,7-9H2,1H3;5-6,10,14H,2-4,7-8H2,1H3/t;11-;/m.0./s1. The van der Waals surface area contributed by atoms with Gasteiger partial charge in [-0.1, -0.05) is 35.9 Å². The zero-order valence-corrected chi connectivity index (χ0v) is 30.3. The second-order valence-electron chi connectivity index (χ2n) is 13.9. The zero-order chi connectivity index (χ0) is 33.6. The number of nitrogens with one attached hydrogen (secondary N) is 2. The highest BCUT2D eigenvalue weighted by molar-refractivity contribution is 7.17. The molecule has 2 saturated heterocycles. The first kappa shape index (κ1) is 34.0. The first-order valence-electron chi connectivity index (χ1n) is 18.4. The van der Waals surface area contributed by atoms with Gasteiger partial charge in [-0.3, -0.25) is 0 Å². The molecule has 2 fully saturated rings. The van der Waals surface area contributed by atoms with E-state index in [0.29, 0.717) is 12.2 Å². The van der Waals surface area contributed by atoms with Gasteiger partial charge in [-0.05, 0) is 135 Å². The summed E-state index contributed by atoms with van der Waals surface area (Å²) < 4.78 is 24.5. The zero-order valence-electron chi connectivity index (χ0n) is 29.5. The van der Waals surface area contributed by atoms with Crippen molar-refractivity contribution in [1.29, 1.82) is 0 Å². The topological polar surface area (TPSA) is 61.0 Å². The number of hydrogen-bond donors (Lipinski definition) is 2. The molecular weight excluding hydrogens is 629 g/mol. The van der Waals surface area contributed by atoms with Crippen LogP contribution in [-0.4, -0.2) is 52.6 Å². The Kier molecular flexibility index (Phi) is 11.1. The second kappa shape index (κ2) is 16.0. The molecule has 0 unspecified atom stereocenters. The predicted octanol–water partition coefficient (Wildman–Crippen LogP) is 8.71. The van der Waals surface area contributed by atoms with Crippen molar-refractivity contribution in [2.75, 3.05) is 40.4 Å². The average Bonchev–Trinajstić information content (AvgIpc) is 3.94. The van der Waals surface area contributed by atoms with E-state index in [9.17, 15) is 0 Å². The Bertz CT molecular complexity index is 1770. The molecule has 49 heavy (non-hydrogen) atoms. The largest absolute Gasteiger partial charge is 0.493 e. The first-order chi connectivity index (χ1) is 24.1. The fourth-order valence-electron chi connectivity index (χ4n) is 7.86. The summed E-state index contributed by atoms with van der Waals surface area (Å²) in [5, 5.41) is 10.2. The van der Waals surface area contributed by atoms with Gasteiger partial charge < -0.3 is 29.6 Å². The van der Waals surface area contributed by atoms with E-state index in [1.807, 2.05) is 23.5 Å². The fourth-order valence-corrected chi connectivity index (χ4v) is 8.80. The Morgan fingerprint density at radius 3 is 1.90 bits per heavy atom. The maximum absolute atomic E-state index is 6.15. The van der Waals surface area contributed by atoms with E-state index in [-0.39, 0.29) is 0 Å². The van der Waals surface area contributed by atoms with Crippen LogP contribution in [0.2, 0.25) is 0 Å². The monoisotopic (exact) mass is 680 g/mol. The van der Waals surface area contributed by atoms with Crippen LogP contribution in [0.15, 0.2) is 59.5 Å². The number of fused-ring (bicyclic) bond motifs is 3. The summed E-state index contributed by atoms with van der Waals surface area (Å²) in [4.78, 5) is 0. The third kappa shape index (κ3) is 7.64. The molecule has 3 aromatic carbocycles. The molecule has 1 atom stereocenters. The lowest BCUT2D eigenvalue weighted by molar-refractivity contribution is 0.136. The summed E-state index contributed by atoms with van der Waals surface area (Å²) in [7, 11) is 3.43. The number of methoxy groups -OCH3 is 2. The maximum Gasteiger partial charge on any atom is 0.165 e. The minimum Gasteiger partial charge on any atom is -0.493 e. The highest BCUT2D eigenvalue weighted by Crippen LogP contribution is 2.41. The van der Waals surface area contributed by atoms with Crippen LogP contribution in [0.3, 0.4) is 0 Å². The molecule has 9 rings (SSSR count). The van der Waals surface area contributed by atoms with Crippen LogP contribution in [0.25, 0.3) is 15.7 Å². The van der Waals surface area contributed by atoms with Crippen LogP contribution >= 0.6 is 11.3 Å². The molecule has 0 radical (unpaired) electrons. The minimum absolute atomic E-state index is 0.302. The molecular formula is C42H52N2O4S. The van der Waals surface area contributed by atoms with Gasteiger partial charge in [0.15, 0.2) is 23.0 Å². The van der Waals surface area contributed by atoms with Crippen molar-refractivity contribution in [2.45, 2.75) is 89.8 Å². The molecule has 6 nitrogen and oxygen atoms in total. The van der Waals surface area contributed by atoms with Crippen molar-refractivity contribution in [3.05, 3.63) is 87.3 Å². The molecule has 0 spiro atoms. The van der Waals surface area contributed by atoms with Gasteiger partial charge >= 0.3 is 0 Å². The molecule has 0 amide bonds. The van der Waals surface area contributed by atoms with Crippen LogP contribution in [0.1, 0.15) is 79.7 Å². The number of allylic oxidation sites excluding steroid dienone is 2. The van der Waals surface area contributed by atoms with Crippen LogP contribution in [-0.2, 0) is 25.7 Å². The second-order valence-corrected chi connectivity index (χ2v) is 14.8. The summed E-state index contributed by atoms with van der Waals surface area (Å²) in [5.41, 5.74) is 10.3. The SMILES string of the molecule is CC1=C(c2cccc3ccsc23)CCCC1.COc1ccc2c(c1OC1CNC1)CCC2.COc1ccc2c(c1O[C@H]1CCNC1)CCC2. The minimum atomic E-state index is 0.302. The Morgan fingerprint density at radius 2 is 1.31 bits per heavy atom. The third-order valence-electron chi connectivity index (χ3n) is 10.7. The lowest BCUT2D eigenvalue weighted by atomic mass is 9.88. The van der Waals surface area contributed by atoms with E-state index in [0.717, 1.165) is 68.4 Å². The fraction of sp³-hybridized carbons (Fsp3) is 0.476. The highest BCUT2D eigenvalue weighted by Gasteiger charge is 2.26. The number of ether oxygens (including phenoxy) is 4. The van der Waals surface area contributed by atoms with Gasteiger partial charge in [0.1, 0.15) is 12.2 Å². The third-order valence-corrected chi connectivity index (χ3v) is 11.7. The van der Waals surface area contributed by atoms with Crippen LogP contribution in [0.5, 0.6) is 23.0 Å². The molecule has 2 aliphatic heterocycles. The Balaban J connectivity index is 0.000000116. The van der Waals surface area contributed by atoms with Gasteiger partial charge in [0.25, 0.3) is 0 Å². The molecule has 0 saturated carbocycles. The predicted molar refractivity (Wildman–Crippen MR) is 202 cm³/mol. The van der Waals surface area contributed by atoms with Crippen LogP contribution in [0.4, 0.5) is 0 Å². The van der Waals surface area contributed by atoms with E-state index < -0.39 is 0 Å². The summed E-state index contributed by atoms with van der Waals surface area (Å²) in [6.07, 6.45) is 14.1. The van der Waals surface area contributed by atoms with Crippen molar-refractivity contribution in [3.8, 4) is 23.0 Å². The smallest absolute Gasteiger partial charge is 0.165 e. The lowest BCUT2D eigenvalue weighted by Gasteiger charge is -2.29. The molecule has 4 aromatic rings. The van der Waals surface area contributed by atoms with Gasteiger partial charge in [-0.25, -0.2) is 0 Å². The number of thiophene rings is 1. The van der Waals surface area contributed by atoms with E-state index in [2.05, 4.69) is 59.3 Å². The Morgan fingerprint density at radius 1 is 0.653 bits per heavy atom. The first-order valence-corrected chi connectivity index (χ1v) is 19.3. The number of benzene rings is 3. The van der Waals surface area contributed by atoms with Crippen molar-refractivity contribution in [2.24, 2.45) is 0 Å². The van der Waals surface area contributed by atoms with E-state index in [1.165, 1.54) is 89.3 Å². The van der Waals surface area contributed by atoms with Crippen LogP contribution in [0, 0.1) is 0 Å². The van der Waals surface area contributed by atoms with Crippen molar-refractivity contribution >= 4 is 27.0 Å². The Hall–Kier alpha value is -3.52. The molecule has 260 valence electrons. The van der Waals surface area contributed by atoms with E-state index >= 15 is 0 Å². The van der Waals surface area contributed by atoms with Gasteiger partial charge in [0, 0.05) is 35.5 Å². The van der Waals surface area contributed by atoms with Gasteiger partial charge in [0.2, 0.25) is 0 Å². The highest BCUT2D eigenvalue weighted by atomic mass is 32.1. The summed E-state index contributed by atoms with van der Waals surface area (Å²) in [6, 6.07) is 17.4. The van der Waals surface area contributed by atoms with Crippen LogP contribution < -0.4 is 29.6 Å². The number of aryl methyl sites for hydroxylation is 2. The van der Waals surface area contributed by atoms with Gasteiger partial charge in [-0.2, -0.15) is 0 Å². The Labute approximate surface area is 296 Å². The summed E-state index contributed by atoms with van der Waals surface area (Å²) >= 11 is 1.88. The quantitative estimate of drug-likeness (QED) is 0.204. The van der Waals surface area contributed by atoms with E-state index in [4.69, 9.17) is 18.9 Å². The molecule has 3 aliphatic carbocycles. The molecule has 1 aromatic heterocycles. The summed E-state index contributed by atoms with van der Waals surface area (Å²) in [5.74, 6) is 3.75. The van der Waals surface area contributed by atoms with Gasteiger partial charge in [0.05, 0.1) is 14.2 Å². The molecule has 0 bridgehead atoms. The van der Waals surface area contributed by atoms with Crippen molar-refractivity contribution < 1.29 is 18.9 Å². The molecule has 7 heteroatoms. The van der Waals surface area contributed by atoms with E-state index in [1.54, 1.807) is 25.4 Å². The average molecular weight is 681 g/mol. The maximum atomic E-state index is 6.15. The molecule has 5 aliphatic rings. The summed E-state index contributed by atoms with van der Waals surface area (Å²) in [6.45, 7) is 6.22. The lowest BCUT2D eigenvalue weighted by Crippen LogP contribution is -2.50.